The Labute approximate surface area is 875 Å². The third-order valence-electron chi connectivity index (χ3n) is 25.4. The lowest BCUT2D eigenvalue weighted by atomic mass is 10.0. The second-order valence-electron chi connectivity index (χ2n) is 35.8. The molecule has 0 spiro atoms. The summed E-state index contributed by atoms with van der Waals surface area (Å²) in [5.74, 6) is -6.46. The summed E-state index contributed by atoms with van der Waals surface area (Å²) in [6.07, 6.45) is 6.66. The molecule has 790 valence electrons. The van der Waals surface area contributed by atoms with Crippen LogP contribution in [0, 0.1) is 0 Å². The summed E-state index contributed by atoms with van der Waals surface area (Å²) in [6.45, 7) is 10.8. The van der Waals surface area contributed by atoms with E-state index in [1.165, 1.54) is 48.0 Å². The minimum Gasteiger partial charge on any atom is -0.481 e. The van der Waals surface area contributed by atoms with Crippen LogP contribution in [0.15, 0.2) is 72.8 Å². The molecule has 51 heteroatoms. The molecule has 4 aromatic carbocycles. The fourth-order valence-electron chi connectivity index (χ4n) is 18.3. The number of rotatable bonds is 34. The first-order valence-electron chi connectivity index (χ1n) is 46.5. The van der Waals surface area contributed by atoms with Crippen molar-refractivity contribution in [2.75, 3.05) is 199 Å². The van der Waals surface area contributed by atoms with Crippen molar-refractivity contribution in [2.45, 2.75) is 150 Å². The lowest BCUT2D eigenvalue weighted by Crippen LogP contribution is -2.66. The Morgan fingerprint density at radius 3 is 0.944 bits per heavy atom. The third kappa shape index (κ3) is 36.7. The first kappa shape index (κ1) is 117. The maximum atomic E-state index is 13.6. The predicted octanol–water partition coefficient (Wildman–Crippen LogP) is 7.51. The lowest BCUT2D eigenvalue weighted by Gasteiger charge is -2.46. The van der Waals surface area contributed by atoms with Gasteiger partial charge in [0.2, 0.25) is 33.7 Å². The zero-order valence-corrected chi connectivity index (χ0v) is 87.6. The second kappa shape index (κ2) is 57.3. The number of carboxylic acid groups (broad SMARTS) is 4. The molecule has 8 saturated heterocycles. The van der Waals surface area contributed by atoms with E-state index >= 15 is 0 Å². The molecule has 0 unspecified atom stereocenters. The van der Waals surface area contributed by atoms with Crippen molar-refractivity contribution in [2.24, 2.45) is 5.73 Å². The highest BCUT2D eigenvalue weighted by Gasteiger charge is 2.46. The minimum atomic E-state index is -3.47. The summed E-state index contributed by atoms with van der Waals surface area (Å²) >= 11 is 53.7. The maximum absolute atomic E-state index is 13.6. The molecule has 8 fully saturated rings. The van der Waals surface area contributed by atoms with E-state index < -0.39 is 120 Å². The Morgan fingerprint density at radius 1 is 0.392 bits per heavy atom. The van der Waals surface area contributed by atoms with Gasteiger partial charge in [-0.3, -0.25) is 48.3 Å². The molecular weight excluding hydrogens is 2080 g/mol. The Kier molecular flexibility index (Phi) is 47.0. The standard InChI is InChI=1S/C25H33Cl2N5O7S.C24H32Cl2N4O7.C22H29Cl2N3O6.C21H30Cl2N4O5S/c1-39-25(38)32-14-17(12-30-6-2-3-7-30)31(21(33)9-15-4-5-18(26)19(27)8-15)13-16(32)11-28-24(40)29-20(23(36)37)10-22(34)35;1-36-24(35)30-12-16(11-28-6-2-3-7-28)29(21(31)9-15-4-5-18(25)19(26)8-15)13-17(30)14-37-23(34)20(27)10-22(32)33;1-32-22(31)27-11-16(10-25-6-2-3-7-25)26(12-17(27)13-33-14-21(29)30)20(28)9-15-4-5-18(23)19(24)8-15;1-32-21(29)27-14-17(12-25-7-3-4-8-25)26(13-16(27)11-24-33(2,30)31)20(28)10-15-5-6-18(22)19(23)9-15/h4-5,8,16-17,20H,2-3,6-7,9-14H2,1H3,(H,34,35)(H,36,37)(H2,28,29,40);4-5,8,16-17,20H,2-3,6-7,9-14,27H2,1H3,(H,32,33);4-5,8,16-17H,2-3,6-7,9-14H2,1H3,(H,29,30);5-6,9,16-17,24H,3-4,7-8,10-14H2,1-2H3/t16-,17-,20+;16-,17-,20-;16-,17-;16-,17+/m1110/s1. The van der Waals surface area contributed by atoms with Gasteiger partial charge in [-0.05, 0) is 187 Å². The quantitative estimate of drug-likeness (QED) is 0.0127. The monoisotopic (exact) mass is 2200 g/mol. The van der Waals surface area contributed by atoms with Crippen LogP contribution in [0.2, 0.25) is 40.2 Å². The topological polar surface area (TPSA) is 493 Å². The van der Waals surface area contributed by atoms with E-state index in [9.17, 15) is 75.9 Å². The highest BCUT2D eigenvalue weighted by atomic mass is 35.5. The number of amides is 8. The van der Waals surface area contributed by atoms with Crippen molar-refractivity contribution in [1.82, 2.24) is 74.2 Å². The van der Waals surface area contributed by atoms with Crippen LogP contribution in [0.25, 0.3) is 0 Å². The number of esters is 1. The highest BCUT2D eigenvalue weighted by Crippen LogP contribution is 2.33. The molecule has 4 aromatic rings. The number of ether oxygens (including phenoxy) is 6. The van der Waals surface area contributed by atoms with Crippen LogP contribution in [-0.4, -0.2) is 430 Å². The average molecular weight is 2200 g/mol. The molecule has 8 amide bonds. The van der Waals surface area contributed by atoms with Gasteiger partial charge >= 0.3 is 54.2 Å². The van der Waals surface area contributed by atoms with Gasteiger partial charge in [0, 0.05) is 91.6 Å². The summed E-state index contributed by atoms with van der Waals surface area (Å²) in [4.78, 5) is 183. The number of hydrogen-bond donors (Lipinski definition) is 8. The molecule has 0 aromatic heterocycles. The van der Waals surface area contributed by atoms with Crippen molar-refractivity contribution >= 4 is 198 Å². The van der Waals surface area contributed by atoms with Crippen LogP contribution in [0.4, 0.5) is 19.2 Å². The first-order chi connectivity index (χ1) is 67.9. The number of halogens is 8. The van der Waals surface area contributed by atoms with Gasteiger partial charge in [0.1, 0.15) is 25.3 Å². The van der Waals surface area contributed by atoms with Gasteiger partial charge in [-0.2, -0.15) is 0 Å². The zero-order valence-electron chi connectivity index (χ0n) is 79.9. The van der Waals surface area contributed by atoms with Gasteiger partial charge in [0.05, 0.1) is 168 Å². The molecule has 0 radical (unpaired) electrons. The number of thiocarbonyl (C=S) groups is 1. The molecule has 41 nitrogen and oxygen atoms in total. The number of nitrogens with zero attached hydrogens (tertiary/aromatic N) is 12. The Hall–Kier alpha value is -9.13. The Bertz CT molecular complexity index is 5210. The predicted molar refractivity (Wildman–Crippen MR) is 537 cm³/mol. The summed E-state index contributed by atoms with van der Waals surface area (Å²) in [5.41, 5.74) is 8.47. The molecule has 0 aliphatic carbocycles. The lowest BCUT2D eigenvalue weighted by molar-refractivity contribution is -0.152. The molecular formula is C92H124Cl8N16O25S2. The molecule has 143 heavy (non-hydrogen) atoms. The fourth-order valence-corrected chi connectivity index (χ4v) is 20.3. The number of nitrogens with two attached hydrogens (primary N) is 1. The number of aliphatic carboxylic acids is 4. The van der Waals surface area contributed by atoms with Gasteiger partial charge in [0.15, 0.2) is 5.11 Å². The Balaban J connectivity index is 0.000000213. The molecule has 0 saturated carbocycles. The van der Waals surface area contributed by atoms with Gasteiger partial charge in [-0.15, -0.1) is 0 Å². The van der Waals surface area contributed by atoms with E-state index in [2.05, 4.69) is 35.0 Å². The molecule has 0 bridgehead atoms. The Morgan fingerprint density at radius 2 is 0.671 bits per heavy atom. The second-order valence-corrected chi connectivity index (χ2v) is 41.3. The first-order valence-corrected chi connectivity index (χ1v) is 51.8. The van der Waals surface area contributed by atoms with Gasteiger partial charge < -0.3 is 109 Å². The van der Waals surface area contributed by atoms with Gasteiger partial charge in [0.25, 0.3) is 0 Å². The number of hydrogen-bond acceptors (Lipinski definition) is 27. The summed E-state index contributed by atoms with van der Waals surface area (Å²) in [5, 5.41) is 44.3. The maximum Gasteiger partial charge on any atom is 0.409 e. The number of likely N-dealkylation sites (tertiary alicyclic amines) is 4. The van der Waals surface area contributed by atoms with E-state index in [0.717, 1.165) is 121 Å². The highest BCUT2D eigenvalue weighted by molar-refractivity contribution is 7.88. The number of sulfonamides is 1. The fraction of sp³-hybridized carbons (Fsp3) is 0.587. The summed E-state index contributed by atoms with van der Waals surface area (Å²) in [6, 6.07) is 14.0. The molecule has 8 heterocycles. The van der Waals surface area contributed by atoms with Crippen LogP contribution in [0.1, 0.15) is 86.5 Å². The SMILES string of the molecule is COC(=O)N1C[C@@H](CN2CCCC2)N(C(=O)Cc2ccc(Cl)c(Cl)c2)C[C@@H]1CNS(C)(=O)=O.COC(=O)N1C[C@@H](CN2CCCC2)N(C(=O)Cc2ccc(Cl)c(Cl)c2)C[C@@H]1COC(=O)[C@H](N)CC(=O)O.COC(=O)N1C[C@@H](CN2CCCC2)N(C(=O)Cc2ccc(Cl)c(Cl)c2)C[C@@H]1COCC(=O)O.COC(=O)N1C[C@@H](CN2CCCC2)N(C(=O)Cc2ccc(Cl)c(Cl)c2)C[C@H]1CNC(=S)N[C@@H](CC(=O)O)C(=O)O. The number of piperazine rings is 4. The number of methoxy groups -OCH3 is 4. The zero-order chi connectivity index (χ0) is 105. The van der Waals surface area contributed by atoms with Crippen molar-refractivity contribution < 1.29 is 120 Å². The van der Waals surface area contributed by atoms with E-state index in [0.29, 0.717) is 77.5 Å². The van der Waals surface area contributed by atoms with Gasteiger partial charge in [-0.25, -0.2) is 41.9 Å². The molecule has 8 aliphatic heterocycles. The largest absolute Gasteiger partial charge is 0.481 e. The van der Waals surface area contributed by atoms with Crippen LogP contribution >= 0.6 is 105 Å². The number of carbonyl (C=O) groups excluding carboxylic acids is 9. The third-order valence-corrected chi connectivity index (χ3v) is 29.4. The van der Waals surface area contributed by atoms with Crippen molar-refractivity contribution in [3.8, 4) is 0 Å². The molecule has 9 N–H and O–H groups in total. The van der Waals surface area contributed by atoms with E-state index in [4.69, 9.17) is 154 Å². The average Bonchev–Trinajstić information content (AvgIpc) is 1.60. The summed E-state index contributed by atoms with van der Waals surface area (Å²) in [7, 11) is 1.65. The number of benzene rings is 4. The van der Waals surface area contributed by atoms with Crippen LogP contribution < -0.4 is 21.1 Å². The van der Waals surface area contributed by atoms with E-state index in [1.54, 1.807) is 92.4 Å². The van der Waals surface area contributed by atoms with Crippen LogP contribution in [0.3, 0.4) is 0 Å². The molecule has 8 aliphatic rings. The minimum absolute atomic E-state index is 0.0130. The van der Waals surface area contributed by atoms with Crippen molar-refractivity contribution in [3.05, 3.63) is 135 Å². The molecule has 10 atom stereocenters. The van der Waals surface area contributed by atoms with Crippen molar-refractivity contribution in [1.29, 1.82) is 0 Å². The van der Waals surface area contributed by atoms with E-state index in [1.807, 2.05) is 0 Å². The number of carboxylic acids is 4. The van der Waals surface area contributed by atoms with Crippen LogP contribution in [-0.2, 0) is 107 Å². The normalized spacial score (nSPS) is 21.0. The van der Waals surface area contributed by atoms with Gasteiger partial charge in [-0.1, -0.05) is 117 Å². The van der Waals surface area contributed by atoms with Crippen LogP contribution in [0.5, 0.6) is 0 Å². The number of nitrogens with one attached hydrogen (secondary N) is 3. The van der Waals surface area contributed by atoms with E-state index in [-0.39, 0.29) is 157 Å². The molecule has 12 rings (SSSR count). The smallest absolute Gasteiger partial charge is 0.409 e. The van der Waals surface area contributed by atoms with Crippen molar-refractivity contribution in [3.63, 3.8) is 0 Å². The number of carbonyl (C=O) groups is 13. The summed E-state index contributed by atoms with van der Waals surface area (Å²) < 4.78 is 56.2.